The van der Waals surface area contributed by atoms with E-state index >= 15 is 0 Å². The Morgan fingerprint density at radius 1 is 1.36 bits per heavy atom. The van der Waals surface area contributed by atoms with Gasteiger partial charge in [0.15, 0.2) is 0 Å². The first-order valence-corrected chi connectivity index (χ1v) is 9.07. The number of nitrogens with zero attached hydrogens (tertiary/aromatic N) is 2. The normalized spacial score (nSPS) is 21.8. The van der Waals surface area contributed by atoms with Crippen LogP contribution in [0.25, 0.3) is 10.9 Å². The van der Waals surface area contributed by atoms with Gasteiger partial charge in [-0.1, -0.05) is 18.2 Å². The highest BCUT2D eigenvalue weighted by Crippen LogP contribution is 2.45. The van der Waals surface area contributed by atoms with Crippen molar-refractivity contribution >= 4 is 22.8 Å². The number of benzene rings is 1. The van der Waals surface area contributed by atoms with Gasteiger partial charge in [0.05, 0.1) is 30.1 Å². The van der Waals surface area contributed by atoms with Crippen molar-refractivity contribution in [1.29, 1.82) is 0 Å². The molecule has 1 aromatic carbocycles. The summed E-state index contributed by atoms with van der Waals surface area (Å²) in [6, 6.07) is 8.03. The molecule has 2 heterocycles. The molecule has 25 heavy (non-hydrogen) atoms. The molecule has 1 aliphatic carbocycles. The lowest BCUT2D eigenvalue weighted by molar-refractivity contribution is -0.149. The van der Waals surface area contributed by atoms with Gasteiger partial charge in [-0.25, -0.2) is 0 Å². The number of hydrogen-bond acceptors (Lipinski definition) is 4. The van der Waals surface area contributed by atoms with Crippen molar-refractivity contribution in [3.63, 3.8) is 0 Å². The second-order valence-electron chi connectivity index (χ2n) is 7.00. The second-order valence-corrected chi connectivity index (χ2v) is 7.00. The number of aromatic nitrogens is 2. The highest BCUT2D eigenvalue weighted by Gasteiger charge is 2.53. The Kier molecular flexibility index (Phi) is 3.98. The third-order valence-electron chi connectivity index (χ3n) is 5.55. The lowest BCUT2D eigenvalue weighted by Crippen LogP contribution is -2.42. The van der Waals surface area contributed by atoms with Crippen molar-refractivity contribution in [2.24, 2.45) is 5.92 Å². The number of para-hydroxylation sites is 1. The first-order valence-electron chi connectivity index (χ1n) is 9.07. The van der Waals surface area contributed by atoms with Crippen LogP contribution in [-0.4, -0.2) is 27.3 Å². The molecule has 0 bridgehead atoms. The second kappa shape index (κ2) is 6.17. The Hall–Kier alpha value is -2.37. The smallest absolute Gasteiger partial charge is 0.307 e. The fourth-order valence-electron chi connectivity index (χ4n) is 4.31. The Morgan fingerprint density at radius 3 is 2.88 bits per heavy atom. The van der Waals surface area contributed by atoms with E-state index in [0.29, 0.717) is 6.54 Å². The number of esters is 1. The average molecular weight is 341 g/mol. The van der Waals surface area contributed by atoms with Gasteiger partial charge in [-0.15, -0.1) is 0 Å². The molecule has 1 amide bonds. The monoisotopic (exact) mass is 341 g/mol. The number of aryl methyl sites for hydroxylation is 1. The molecule has 2 aromatic rings. The van der Waals surface area contributed by atoms with Crippen LogP contribution < -0.4 is 5.32 Å². The molecule has 1 atom stereocenters. The summed E-state index contributed by atoms with van der Waals surface area (Å²) in [7, 11) is 0. The van der Waals surface area contributed by atoms with Crippen LogP contribution in [0.4, 0.5) is 0 Å². The van der Waals surface area contributed by atoms with E-state index in [1.165, 1.54) is 0 Å². The molecule has 6 nitrogen and oxygen atoms in total. The fourth-order valence-corrected chi connectivity index (χ4v) is 4.31. The lowest BCUT2D eigenvalue weighted by Gasteiger charge is -2.27. The Morgan fingerprint density at radius 2 is 2.12 bits per heavy atom. The SMILES string of the molecule is CCn1nc(CNC(=O)[C@@H]2CC(=O)OC23CCCC3)c2ccccc21. The van der Waals surface area contributed by atoms with Crippen LogP contribution in [0.3, 0.4) is 0 Å². The number of hydrogen-bond donors (Lipinski definition) is 1. The van der Waals surface area contributed by atoms with Crippen LogP contribution in [-0.2, 0) is 27.4 Å². The van der Waals surface area contributed by atoms with Crippen molar-refractivity contribution in [1.82, 2.24) is 15.1 Å². The van der Waals surface area contributed by atoms with Crippen molar-refractivity contribution in [2.75, 3.05) is 0 Å². The standard InChI is InChI=1S/C19H23N3O3/c1-2-22-16-8-4-3-7-13(16)15(21-22)12-20-18(24)14-11-17(23)25-19(14)9-5-6-10-19/h3-4,7-8,14H,2,5-6,9-12H2,1H3,(H,20,24)/t14-/m0/s1. The molecule has 1 saturated carbocycles. The lowest BCUT2D eigenvalue weighted by atomic mass is 9.85. The minimum atomic E-state index is -0.563. The van der Waals surface area contributed by atoms with Crippen LogP contribution in [0.2, 0.25) is 0 Å². The molecule has 1 aromatic heterocycles. The van der Waals surface area contributed by atoms with E-state index in [0.717, 1.165) is 48.8 Å². The number of carbonyl (C=O) groups excluding carboxylic acids is 2. The molecular formula is C19H23N3O3. The van der Waals surface area contributed by atoms with E-state index in [9.17, 15) is 9.59 Å². The van der Waals surface area contributed by atoms with Gasteiger partial charge in [0.2, 0.25) is 5.91 Å². The van der Waals surface area contributed by atoms with Gasteiger partial charge >= 0.3 is 5.97 Å². The summed E-state index contributed by atoms with van der Waals surface area (Å²) in [6.07, 6.45) is 3.82. The third kappa shape index (κ3) is 2.69. The number of amides is 1. The Labute approximate surface area is 146 Å². The Bertz CT molecular complexity index is 820. The summed E-state index contributed by atoms with van der Waals surface area (Å²) in [5.41, 5.74) is 1.36. The van der Waals surface area contributed by atoms with Crippen LogP contribution in [0.15, 0.2) is 24.3 Å². The van der Waals surface area contributed by atoms with Gasteiger partial charge in [0.25, 0.3) is 0 Å². The van der Waals surface area contributed by atoms with Crippen LogP contribution in [0.1, 0.15) is 44.7 Å². The zero-order valence-corrected chi connectivity index (χ0v) is 14.5. The predicted octanol–water partition coefficient (Wildman–Crippen LogP) is 2.55. The molecule has 4 rings (SSSR count). The average Bonchev–Trinajstić information content (AvgIpc) is 3.31. The van der Waals surface area contributed by atoms with Gasteiger partial charge in [0, 0.05) is 11.9 Å². The zero-order chi connectivity index (χ0) is 17.4. The molecular weight excluding hydrogens is 318 g/mol. The quantitative estimate of drug-likeness (QED) is 0.868. The summed E-state index contributed by atoms with van der Waals surface area (Å²) < 4.78 is 7.51. The number of nitrogens with one attached hydrogen (secondary N) is 1. The predicted molar refractivity (Wildman–Crippen MR) is 92.7 cm³/mol. The van der Waals surface area contributed by atoms with E-state index in [1.54, 1.807) is 0 Å². The molecule has 1 spiro atoms. The highest BCUT2D eigenvalue weighted by molar-refractivity contribution is 5.88. The van der Waals surface area contributed by atoms with Crippen molar-refractivity contribution in [3.8, 4) is 0 Å². The molecule has 0 unspecified atom stereocenters. The summed E-state index contributed by atoms with van der Waals surface area (Å²) in [6.45, 7) is 3.20. The fraction of sp³-hybridized carbons (Fsp3) is 0.526. The van der Waals surface area contributed by atoms with Gasteiger partial charge in [-0.05, 0) is 38.7 Å². The maximum absolute atomic E-state index is 12.8. The minimum Gasteiger partial charge on any atom is -0.458 e. The molecule has 132 valence electrons. The van der Waals surface area contributed by atoms with Crippen LogP contribution in [0.5, 0.6) is 0 Å². The molecule has 1 saturated heterocycles. The zero-order valence-electron chi connectivity index (χ0n) is 14.5. The maximum atomic E-state index is 12.8. The maximum Gasteiger partial charge on any atom is 0.307 e. The van der Waals surface area contributed by atoms with E-state index < -0.39 is 5.60 Å². The van der Waals surface area contributed by atoms with Gasteiger partial charge in [0.1, 0.15) is 5.60 Å². The number of rotatable bonds is 4. The molecule has 2 fully saturated rings. The molecule has 2 aliphatic rings. The Balaban J connectivity index is 1.52. The van der Waals surface area contributed by atoms with Crippen molar-refractivity contribution in [3.05, 3.63) is 30.0 Å². The number of carbonyl (C=O) groups is 2. The first kappa shape index (κ1) is 16.1. The van der Waals surface area contributed by atoms with Crippen LogP contribution in [0, 0.1) is 5.92 Å². The largest absolute Gasteiger partial charge is 0.458 e. The van der Waals surface area contributed by atoms with E-state index in [-0.39, 0.29) is 24.2 Å². The molecule has 1 aliphatic heterocycles. The number of ether oxygens (including phenoxy) is 1. The van der Waals surface area contributed by atoms with E-state index in [1.807, 2.05) is 35.9 Å². The van der Waals surface area contributed by atoms with E-state index in [4.69, 9.17) is 4.74 Å². The highest BCUT2D eigenvalue weighted by atomic mass is 16.6. The summed E-state index contributed by atoms with van der Waals surface area (Å²) in [4.78, 5) is 24.6. The van der Waals surface area contributed by atoms with Crippen molar-refractivity contribution < 1.29 is 14.3 Å². The van der Waals surface area contributed by atoms with Crippen molar-refractivity contribution in [2.45, 2.75) is 57.7 Å². The summed E-state index contributed by atoms with van der Waals surface area (Å²) in [5.74, 6) is -0.715. The van der Waals surface area contributed by atoms with Gasteiger partial charge in [-0.3, -0.25) is 14.3 Å². The summed E-state index contributed by atoms with van der Waals surface area (Å²) >= 11 is 0. The topological polar surface area (TPSA) is 73.2 Å². The first-order chi connectivity index (χ1) is 12.1. The minimum absolute atomic E-state index is 0.0946. The van der Waals surface area contributed by atoms with Crippen LogP contribution >= 0.6 is 0 Å². The molecule has 0 radical (unpaired) electrons. The third-order valence-corrected chi connectivity index (χ3v) is 5.55. The van der Waals surface area contributed by atoms with E-state index in [2.05, 4.69) is 10.4 Å². The van der Waals surface area contributed by atoms with Gasteiger partial charge in [-0.2, -0.15) is 5.10 Å². The van der Waals surface area contributed by atoms with Gasteiger partial charge < -0.3 is 10.1 Å². The molecule has 6 heteroatoms. The number of fused-ring (bicyclic) bond motifs is 1. The molecule has 1 N–H and O–H groups in total. The summed E-state index contributed by atoms with van der Waals surface area (Å²) in [5, 5.41) is 8.66.